The minimum Gasteiger partial charge on any atom is -0.330 e. The molecule has 0 fully saturated rings. The third-order valence-corrected chi connectivity index (χ3v) is 7.88. The van der Waals surface area contributed by atoms with Gasteiger partial charge in [-0.1, -0.05) is 31.9 Å². The zero-order valence-electron chi connectivity index (χ0n) is 23.2. The number of aromatic nitrogens is 5. The summed E-state index contributed by atoms with van der Waals surface area (Å²) in [5.41, 5.74) is -3.60. The Morgan fingerprint density at radius 3 is 1.93 bits per heavy atom. The summed E-state index contributed by atoms with van der Waals surface area (Å²) in [7, 11) is 1.38. The summed E-state index contributed by atoms with van der Waals surface area (Å²) >= 11 is 1.41. The van der Waals surface area contributed by atoms with Crippen molar-refractivity contribution >= 4 is 17.3 Å². The number of halogens is 9. The van der Waals surface area contributed by atoms with Crippen LogP contribution in [0, 0.1) is 0 Å². The highest BCUT2D eigenvalue weighted by molar-refractivity contribution is 7.12. The molecule has 0 aliphatic carbocycles. The number of rotatable bonds is 8. The molecule has 16 heteroatoms. The lowest BCUT2D eigenvalue weighted by Crippen LogP contribution is -2.25. The van der Waals surface area contributed by atoms with Crippen LogP contribution in [0.3, 0.4) is 0 Å². The smallest absolute Gasteiger partial charge is 0.330 e. The molecule has 0 atom stereocenters. The molecule has 0 N–H and O–H groups in total. The highest BCUT2D eigenvalue weighted by atomic mass is 32.1. The Morgan fingerprint density at radius 2 is 1.44 bits per heavy atom. The molecule has 0 saturated heterocycles. The average molecular weight is 637 g/mol. The minimum absolute atomic E-state index is 0.000146. The average Bonchev–Trinajstić information content (AvgIpc) is 3.53. The summed E-state index contributed by atoms with van der Waals surface area (Å²) in [6, 6.07) is 4.16. The maximum atomic E-state index is 13.8. The predicted molar refractivity (Wildman–Crippen MR) is 141 cm³/mol. The van der Waals surface area contributed by atoms with Crippen LogP contribution in [0.25, 0.3) is 11.3 Å². The van der Waals surface area contributed by atoms with Gasteiger partial charge in [-0.25, -0.2) is 4.98 Å². The van der Waals surface area contributed by atoms with Gasteiger partial charge in [0.05, 0.1) is 34.4 Å². The van der Waals surface area contributed by atoms with Crippen LogP contribution in [0.5, 0.6) is 0 Å². The molecule has 0 aliphatic heterocycles. The molecular formula is C27H25F9N6S. The van der Waals surface area contributed by atoms with Crippen molar-refractivity contribution in [2.75, 3.05) is 4.90 Å². The van der Waals surface area contributed by atoms with E-state index in [-0.39, 0.29) is 23.5 Å². The van der Waals surface area contributed by atoms with Crippen molar-refractivity contribution in [2.24, 2.45) is 7.05 Å². The molecule has 4 rings (SSSR count). The van der Waals surface area contributed by atoms with E-state index in [9.17, 15) is 39.5 Å². The molecule has 0 bridgehead atoms. The topological polar surface area (TPSA) is 59.7 Å². The van der Waals surface area contributed by atoms with E-state index in [1.807, 2.05) is 20.8 Å². The summed E-state index contributed by atoms with van der Waals surface area (Å²) in [5.74, 6) is -0.181. The van der Waals surface area contributed by atoms with E-state index in [0.717, 1.165) is 26.8 Å². The van der Waals surface area contributed by atoms with Crippen LogP contribution < -0.4 is 4.90 Å². The van der Waals surface area contributed by atoms with Crippen molar-refractivity contribution in [3.8, 4) is 11.3 Å². The lowest BCUT2D eigenvalue weighted by Gasteiger charge is -2.24. The van der Waals surface area contributed by atoms with Gasteiger partial charge in [0, 0.05) is 29.4 Å². The van der Waals surface area contributed by atoms with Crippen molar-refractivity contribution in [3.05, 3.63) is 74.1 Å². The molecule has 0 radical (unpaired) electrons. The monoisotopic (exact) mass is 636 g/mol. The molecule has 2 aromatic carbocycles. The molecule has 0 saturated carbocycles. The zero-order chi connectivity index (χ0) is 31.9. The van der Waals surface area contributed by atoms with E-state index in [1.54, 1.807) is 0 Å². The van der Waals surface area contributed by atoms with Gasteiger partial charge in [0.1, 0.15) is 0 Å². The number of alkyl halides is 9. The van der Waals surface area contributed by atoms with Gasteiger partial charge in [-0.3, -0.25) is 0 Å². The first-order valence-corrected chi connectivity index (χ1v) is 13.7. The zero-order valence-corrected chi connectivity index (χ0v) is 24.0. The van der Waals surface area contributed by atoms with Gasteiger partial charge in [-0.05, 0) is 53.1 Å². The largest absolute Gasteiger partial charge is 0.416 e. The van der Waals surface area contributed by atoms with Crippen LogP contribution in [0.4, 0.5) is 45.5 Å². The van der Waals surface area contributed by atoms with Crippen LogP contribution in [0.15, 0.2) is 36.4 Å². The molecule has 232 valence electrons. The summed E-state index contributed by atoms with van der Waals surface area (Å²) in [4.78, 5) is 7.65. The lowest BCUT2D eigenvalue weighted by molar-refractivity contribution is -0.143. The van der Waals surface area contributed by atoms with Crippen molar-refractivity contribution in [1.29, 1.82) is 0 Å². The number of anilines is 1. The molecule has 0 unspecified atom stereocenters. The standard InChI is InChI=1S/C27H25F9N6S/c1-5-21-22(37-23(43-21)14(2)3)20-7-6-17(25(28,29)30)10-16(20)13-42(24-38-40-41(4)39-24)12-15-8-18(26(31,32)33)11-19(9-15)27(34,35)36/h6-11,14H,5,12-13H2,1-4H3. The van der Waals surface area contributed by atoms with Crippen LogP contribution in [0.2, 0.25) is 0 Å². The number of thiazole rings is 1. The van der Waals surface area contributed by atoms with Crippen molar-refractivity contribution in [3.63, 3.8) is 0 Å². The molecule has 6 nitrogen and oxygen atoms in total. The van der Waals surface area contributed by atoms with E-state index >= 15 is 0 Å². The van der Waals surface area contributed by atoms with Crippen molar-refractivity contribution < 1.29 is 39.5 Å². The summed E-state index contributed by atoms with van der Waals surface area (Å²) in [6.45, 7) is 4.68. The molecule has 0 aliphatic rings. The summed E-state index contributed by atoms with van der Waals surface area (Å²) in [5, 5.41) is 12.3. The van der Waals surface area contributed by atoms with E-state index in [2.05, 4.69) is 20.4 Å². The maximum Gasteiger partial charge on any atom is 0.416 e. The molecule has 4 aromatic rings. The highest BCUT2D eigenvalue weighted by Crippen LogP contribution is 2.39. The number of tetrazole rings is 1. The fourth-order valence-corrected chi connectivity index (χ4v) is 5.36. The van der Waals surface area contributed by atoms with Crippen molar-refractivity contribution in [1.82, 2.24) is 25.2 Å². The quantitative estimate of drug-likeness (QED) is 0.182. The Morgan fingerprint density at radius 1 is 0.837 bits per heavy atom. The Labute approximate surface area is 244 Å². The van der Waals surface area contributed by atoms with Gasteiger partial charge >= 0.3 is 18.5 Å². The van der Waals surface area contributed by atoms with Gasteiger partial charge in [0.25, 0.3) is 5.95 Å². The molecule has 0 spiro atoms. The second kappa shape index (κ2) is 11.8. The normalized spacial score (nSPS) is 12.8. The van der Waals surface area contributed by atoms with Gasteiger partial charge in [0.2, 0.25) is 0 Å². The predicted octanol–water partition coefficient (Wildman–Crippen LogP) is 8.28. The van der Waals surface area contributed by atoms with E-state index in [4.69, 9.17) is 0 Å². The second-order valence-corrected chi connectivity index (χ2v) is 11.2. The third kappa shape index (κ3) is 7.46. The fourth-order valence-electron chi connectivity index (χ4n) is 4.33. The number of nitrogens with zero attached hydrogens (tertiary/aromatic N) is 6. The molecule has 0 amide bonds. The maximum absolute atomic E-state index is 13.8. The molecule has 2 aromatic heterocycles. The van der Waals surface area contributed by atoms with Gasteiger partial charge in [-0.15, -0.1) is 16.4 Å². The van der Waals surface area contributed by atoms with Crippen LogP contribution in [-0.4, -0.2) is 25.2 Å². The van der Waals surface area contributed by atoms with Crippen LogP contribution >= 0.6 is 11.3 Å². The molecular weight excluding hydrogens is 611 g/mol. The first-order chi connectivity index (χ1) is 19.9. The van der Waals surface area contributed by atoms with E-state index in [0.29, 0.717) is 29.8 Å². The number of hydrogen-bond donors (Lipinski definition) is 0. The van der Waals surface area contributed by atoms with Gasteiger partial charge in [0.15, 0.2) is 0 Å². The van der Waals surface area contributed by atoms with E-state index < -0.39 is 53.9 Å². The van der Waals surface area contributed by atoms with Crippen LogP contribution in [-0.2, 0) is 45.1 Å². The number of aryl methyl sites for hydroxylation is 2. The Balaban J connectivity index is 1.88. The third-order valence-electron chi connectivity index (χ3n) is 6.38. The van der Waals surface area contributed by atoms with E-state index in [1.165, 1.54) is 29.4 Å². The fraction of sp³-hybridized carbons (Fsp3) is 0.407. The number of hydrogen-bond acceptors (Lipinski definition) is 6. The van der Waals surface area contributed by atoms with Gasteiger partial charge < -0.3 is 4.90 Å². The SMILES string of the molecule is CCc1sc(C(C)C)nc1-c1ccc(C(F)(F)F)cc1CN(Cc1cc(C(F)(F)F)cc(C(F)(F)F)c1)c1nnn(C)n1. The first kappa shape index (κ1) is 32.2. The molecule has 2 heterocycles. The Kier molecular flexibility index (Phi) is 8.82. The number of benzene rings is 2. The van der Waals surface area contributed by atoms with Crippen molar-refractivity contribution in [2.45, 2.75) is 64.7 Å². The molecule has 43 heavy (non-hydrogen) atoms. The Hall–Kier alpha value is -3.69. The second-order valence-electron chi connectivity index (χ2n) is 10.1. The van der Waals surface area contributed by atoms with Gasteiger partial charge in [-0.2, -0.15) is 44.3 Å². The minimum atomic E-state index is -5.09. The summed E-state index contributed by atoms with van der Waals surface area (Å²) < 4.78 is 123. The summed E-state index contributed by atoms with van der Waals surface area (Å²) in [6.07, 6.45) is -14.4. The van der Waals surface area contributed by atoms with Crippen LogP contribution in [0.1, 0.15) is 64.4 Å². The Bertz CT molecular complexity index is 1550. The first-order valence-electron chi connectivity index (χ1n) is 12.8. The highest BCUT2D eigenvalue weighted by Gasteiger charge is 2.37. The lowest BCUT2D eigenvalue weighted by atomic mass is 9.98.